The second-order valence-electron chi connectivity index (χ2n) is 5.37. The molecule has 3 rings (SSSR count). The topological polar surface area (TPSA) is 94.8 Å². The van der Waals surface area contributed by atoms with Crippen LogP contribution in [0.15, 0.2) is 16.8 Å². The van der Waals surface area contributed by atoms with Crippen LogP contribution in [0.1, 0.15) is 6.42 Å². The quantitative estimate of drug-likeness (QED) is 0.583. The number of aliphatic hydroxyl groups is 3. The second kappa shape index (κ2) is 5.79. The first-order chi connectivity index (χ1) is 9.70. The Kier molecular flexibility index (Phi) is 4.04. The van der Waals surface area contributed by atoms with E-state index in [1.165, 1.54) is 0 Å². The first-order valence-electron chi connectivity index (χ1n) is 6.88. The van der Waals surface area contributed by atoms with Crippen molar-refractivity contribution >= 4 is 6.21 Å². The van der Waals surface area contributed by atoms with Gasteiger partial charge in [0.05, 0.1) is 19.3 Å². The molecular weight excluding hydrogens is 264 g/mol. The molecule has 7 heteroatoms. The molecule has 7 nitrogen and oxygen atoms in total. The summed E-state index contributed by atoms with van der Waals surface area (Å²) in [5.41, 5.74) is 0.714. The van der Waals surface area contributed by atoms with Crippen LogP contribution < -0.4 is 0 Å². The van der Waals surface area contributed by atoms with Crippen LogP contribution in [0.25, 0.3) is 0 Å². The van der Waals surface area contributed by atoms with Crippen molar-refractivity contribution in [2.75, 3.05) is 26.5 Å². The van der Waals surface area contributed by atoms with Crippen molar-refractivity contribution in [3.63, 3.8) is 0 Å². The fourth-order valence-electron chi connectivity index (χ4n) is 2.83. The van der Waals surface area contributed by atoms with Gasteiger partial charge in [0.25, 0.3) is 0 Å². The number of nitrogens with zero attached hydrogens (tertiary/aromatic N) is 2. The lowest BCUT2D eigenvalue weighted by atomic mass is 10.0. The van der Waals surface area contributed by atoms with Gasteiger partial charge in [-0.3, -0.25) is 4.99 Å². The van der Waals surface area contributed by atoms with Gasteiger partial charge >= 0.3 is 0 Å². The van der Waals surface area contributed by atoms with Gasteiger partial charge in [0.1, 0.15) is 31.1 Å². The van der Waals surface area contributed by atoms with Crippen LogP contribution in [0.5, 0.6) is 0 Å². The van der Waals surface area contributed by atoms with Crippen molar-refractivity contribution in [3.8, 4) is 0 Å². The molecule has 0 aromatic rings. The number of aliphatic hydroxyl groups excluding tert-OH is 3. The molecular formula is C13H20N2O5. The van der Waals surface area contributed by atoms with E-state index < -0.39 is 24.4 Å². The molecule has 0 aromatic carbocycles. The molecule has 5 atom stereocenters. The van der Waals surface area contributed by atoms with E-state index in [-0.39, 0.29) is 6.61 Å². The Hall–Kier alpha value is -0.990. The van der Waals surface area contributed by atoms with Gasteiger partial charge in [0, 0.05) is 24.6 Å². The van der Waals surface area contributed by atoms with Gasteiger partial charge in [-0.05, 0) is 6.42 Å². The average Bonchev–Trinajstić information content (AvgIpc) is 3.10. The maximum Gasteiger partial charge on any atom is 0.114 e. The fourth-order valence-corrected chi connectivity index (χ4v) is 2.83. The zero-order chi connectivity index (χ0) is 14.1. The first-order valence-corrected chi connectivity index (χ1v) is 6.88. The van der Waals surface area contributed by atoms with Crippen LogP contribution in [0, 0.1) is 0 Å². The van der Waals surface area contributed by atoms with Crippen molar-refractivity contribution < 1.29 is 24.8 Å². The van der Waals surface area contributed by atoms with Gasteiger partial charge in [0.2, 0.25) is 0 Å². The largest absolute Gasteiger partial charge is 0.394 e. The van der Waals surface area contributed by atoms with E-state index in [0.29, 0.717) is 24.9 Å². The zero-order valence-electron chi connectivity index (χ0n) is 11.1. The van der Waals surface area contributed by atoms with Crippen molar-refractivity contribution in [1.29, 1.82) is 0 Å². The van der Waals surface area contributed by atoms with E-state index >= 15 is 0 Å². The predicted molar refractivity (Wildman–Crippen MR) is 70.3 cm³/mol. The van der Waals surface area contributed by atoms with Gasteiger partial charge in [-0.25, -0.2) is 0 Å². The van der Waals surface area contributed by atoms with Gasteiger partial charge in [0.15, 0.2) is 0 Å². The minimum Gasteiger partial charge on any atom is -0.394 e. The van der Waals surface area contributed by atoms with Gasteiger partial charge < -0.3 is 29.7 Å². The Morgan fingerprint density at radius 1 is 1.35 bits per heavy atom. The number of rotatable bonds is 3. The number of aliphatic imine (C=N–C) groups is 1. The van der Waals surface area contributed by atoms with E-state index in [2.05, 4.69) is 9.89 Å². The molecule has 0 saturated carbocycles. The lowest BCUT2D eigenvalue weighted by molar-refractivity contribution is -0.0133. The minimum atomic E-state index is -1.08. The Bertz CT molecular complexity index is 408. The minimum absolute atomic E-state index is 0.291. The highest BCUT2D eigenvalue weighted by atomic mass is 16.6. The molecule has 2 saturated heterocycles. The zero-order valence-corrected chi connectivity index (χ0v) is 11.1. The molecule has 0 spiro atoms. The first kappa shape index (κ1) is 14.0. The molecule has 3 aliphatic rings. The van der Waals surface area contributed by atoms with Crippen LogP contribution in [-0.4, -0.2) is 83.4 Å². The fraction of sp³-hybridized carbons (Fsp3) is 0.769. The molecule has 3 heterocycles. The molecule has 3 N–H and O–H groups in total. The van der Waals surface area contributed by atoms with E-state index in [1.54, 1.807) is 6.21 Å². The molecule has 0 aliphatic carbocycles. The molecule has 0 aromatic heterocycles. The normalized spacial score (nSPS) is 41.2. The van der Waals surface area contributed by atoms with Crippen molar-refractivity contribution in [2.45, 2.75) is 36.9 Å². The van der Waals surface area contributed by atoms with E-state index in [0.717, 1.165) is 13.0 Å². The maximum absolute atomic E-state index is 10.0. The highest BCUT2D eigenvalue weighted by molar-refractivity contribution is 5.80. The second-order valence-corrected chi connectivity index (χ2v) is 5.37. The van der Waals surface area contributed by atoms with Crippen molar-refractivity contribution in [3.05, 3.63) is 11.8 Å². The van der Waals surface area contributed by atoms with Crippen molar-refractivity contribution in [2.24, 2.45) is 4.99 Å². The van der Waals surface area contributed by atoms with E-state index in [1.807, 2.05) is 6.20 Å². The van der Waals surface area contributed by atoms with Gasteiger partial charge in [-0.15, -0.1) is 0 Å². The molecule has 1 unspecified atom stereocenters. The third-order valence-electron chi connectivity index (χ3n) is 4.05. The predicted octanol–water partition coefficient (Wildman–Crippen LogP) is -1.52. The molecule has 20 heavy (non-hydrogen) atoms. The summed E-state index contributed by atoms with van der Waals surface area (Å²) in [7, 11) is 0. The third-order valence-corrected chi connectivity index (χ3v) is 4.05. The summed E-state index contributed by atoms with van der Waals surface area (Å²) in [5, 5.41) is 28.9. The molecule has 2 fully saturated rings. The SMILES string of the molecule is OC[C@H]1O[C@@H](C2=CN(C3CCOC3)CN=C2)[C@H](O)[C@@H]1O. The monoisotopic (exact) mass is 284 g/mol. The summed E-state index contributed by atoms with van der Waals surface area (Å²) in [6.07, 6.45) is 0.980. The number of ether oxygens (including phenoxy) is 2. The highest BCUT2D eigenvalue weighted by Gasteiger charge is 2.44. The summed E-state index contributed by atoms with van der Waals surface area (Å²) in [5.74, 6) is 0. The van der Waals surface area contributed by atoms with Gasteiger partial charge in [-0.1, -0.05) is 0 Å². The summed E-state index contributed by atoms with van der Waals surface area (Å²) < 4.78 is 10.9. The van der Waals surface area contributed by atoms with Crippen LogP contribution >= 0.6 is 0 Å². The van der Waals surface area contributed by atoms with E-state index in [9.17, 15) is 10.2 Å². The Morgan fingerprint density at radius 2 is 2.20 bits per heavy atom. The Balaban J connectivity index is 1.74. The van der Waals surface area contributed by atoms with Crippen LogP contribution in [0.2, 0.25) is 0 Å². The van der Waals surface area contributed by atoms with Crippen LogP contribution in [-0.2, 0) is 9.47 Å². The number of hydrogen-bond donors (Lipinski definition) is 3. The molecule has 0 amide bonds. The molecule has 3 aliphatic heterocycles. The van der Waals surface area contributed by atoms with E-state index in [4.69, 9.17) is 14.6 Å². The summed E-state index contributed by atoms with van der Waals surface area (Å²) in [4.78, 5) is 6.35. The van der Waals surface area contributed by atoms with Gasteiger partial charge in [-0.2, -0.15) is 0 Å². The smallest absolute Gasteiger partial charge is 0.114 e. The molecule has 112 valence electrons. The lowest BCUT2D eigenvalue weighted by Gasteiger charge is -2.29. The van der Waals surface area contributed by atoms with Crippen molar-refractivity contribution in [1.82, 2.24) is 4.90 Å². The van der Waals surface area contributed by atoms with Crippen LogP contribution in [0.3, 0.4) is 0 Å². The highest BCUT2D eigenvalue weighted by Crippen LogP contribution is 2.27. The van der Waals surface area contributed by atoms with Crippen LogP contribution in [0.4, 0.5) is 0 Å². The summed E-state index contributed by atoms with van der Waals surface area (Å²) in [6, 6.07) is 0.291. The standard InChI is InChI=1S/C13H20N2O5/c16-5-10-11(17)12(18)13(20-10)8-3-14-7-15(4-8)9-1-2-19-6-9/h3-4,9-13,16-18H,1-2,5-7H2/t9?,10-,11-,12-,13+/m1/s1. The summed E-state index contributed by atoms with van der Waals surface area (Å²) >= 11 is 0. The number of hydrogen-bond acceptors (Lipinski definition) is 7. The molecule has 0 bridgehead atoms. The average molecular weight is 284 g/mol. The summed E-state index contributed by atoms with van der Waals surface area (Å²) in [6.45, 7) is 1.67. The Morgan fingerprint density at radius 3 is 2.85 bits per heavy atom. The third kappa shape index (κ3) is 2.47. The lowest BCUT2D eigenvalue weighted by Crippen LogP contribution is -2.38. The maximum atomic E-state index is 10.0. The molecule has 0 radical (unpaired) electrons. The Labute approximate surface area is 117 Å².